The molecule has 10 heteroatoms. The number of aliphatic imine (C=N–C) groups is 1. The molecule has 1 unspecified atom stereocenters. The Kier molecular flexibility index (Phi) is 13.8. The van der Waals surface area contributed by atoms with Crippen molar-refractivity contribution in [3.05, 3.63) is 0 Å². The summed E-state index contributed by atoms with van der Waals surface area (Å²) in [5.74, 6) is 0.920. The van der Waals surface area contributed by atoms with E-state index in [0.29, 0.717) is 19.1 Å². The zero-order valence-corrected chi connectivity index (χ0v) is 19.7. The number of hydrogen-bond acceptors (Lipinski definition) is 5. The molecule has 26 heavy (non-hydrogen) atoms. The Balaban J connectivity index is 0.00000625. The zero-order valence-electron chi connectivity index (χ0n) is 16.5. The summed E-state index contributed by atoms with van der Waals surface area (Å²) in [6.45, 7) is 12.1. The van der Waals surface area contributed by atoms with Gasteiger partial charge in [-0.05, 0) is 27.2 Å². The highest BCUT2D eigenvalue weighted by Crippen LogP contribution is 2.03. The number of rotatable bonds is 10. The van der Waals surface area contributed by atoms with E-state index >= 15 is 0 Å². The smallest absolute Gasteiger partial charge is 0.213 e. The lowest BCUT2D eigenvalue weighted by Crippen LogP contribution is -2.44. The second-order valence-electron chi connectivity index (χ2n) is 6.22. The monoisotopic (exact) mass is 505 g/mol. The van der Waals surface area contributed by atoms with Crippen LogP contribution in [-0.4, -0.2) is 94.9 Å². The molecule has 1 rings (SSSR count). The second-order valence-corrected chi connectivity index (χ2v) is 8.58. The normalized spacial score (nSPS) is 17.7. The average Bonchev–Trinajstić information content (AvgIpc) is 2.63. The van der Waals surface area contributed by atoms with Gasteiger partial charge in [-0.25, -0.2) is 12.7 Å². The summed E-state index contributed by atoms with van der Waals surface area (Å²) in [4.78, 5) is 7.04. The number of nitrogens with one attached hydrogen (secondary N) is 2. The fourth-order valence-electron chi connectivity index (χ4n) is 2.57. The Morgan fingerprint density at radius 1 is 1.27 bits per heavy atom. The van der Waals surface area contributed by atoms with Gasteiger partial charge < -0.3 is 15.4 Å². The molecule has 1 fully saturated rings. The van der Waals surface area contributed by atoms with Crippen LogP contribution in [0.5, 0.6) is 0 Å². The van der Waals surface area contributed by atoms with E-state index in [1.165, 1.54) is 4.31 Å². The number of sulfonamides is 1. The van der Waals surface area contributed by atoms with Crippen molar-refractivity contribution in [2.75, 3.05) is 65.3 Å². The molecular weight excluding hydrogens is 469 g/mol. The Labute approximate surface area is 176 Å². The summed E-state index contributed by atoms with van der Waals surface area (Å²) in [5, 5.41) is 6.51. The molecule has 1 heterocycles. The van der Waals surface area contributed by atoms with E-state index in [1.54, 1.807) is 14.0 Å². The summed E-state index contributed by atoms with van der Waals surface area (Å²) in [5.41, 5.74) is 0. The fourth-order valence-corrected chi connectivity index (χ4v) is 3.41. The maximum Gasteiger partial charge on any atom is 0.213 e. The maximum absolute atomic E-state index is 11.7. The van der Waals surface area contributed by atoms with Gasteiger partial charge in [0.1, 0.15) is 0 Å². The minimum absolute atomic E-state index is 0. The van der Waals surface area contributed by atoms with Gasteiger partial charge in [0.15, 0.2) is 5.96 Å². The van der Waals surface area contributed by atoms with Crippen molar-refractivity contribution in [1.82, 2.24) is 19.8 Å². The van der Waals surface area contributed by atoms with Crippen LogP contribution in [0.25, 0.3) is 0 Å². The number of ether oxygens (including phenoxy) is 1. The predicted molar refractivity (Wildman–Crippen MR) is 118 cm³/mol. The van der Waals surface area contributed by atoms with E-state index in [-0.39, 0.29) is 29.7 Å². The molecule has 0 aromatic rings. The van der Waals surface area contributed by atoms with Crippen molar-refractivity contribution in [1.29, 1.82) is 0 Å². The van der Waals surface area contributed by atoms with Crippen LogP contribution in [0.2, 0.25) is 0 Å². The van der Waals surface area contributed by atoms with Gasteiger partial charge in [0, 0.05) is 45.8 Å². The van der Waals surface area contributed by atoms with Crippen LogP contribution < -0.4 is 10.6 Å². The Morgan fingerprint density at radius 3 is 2.50 bits per heavy atom. The van der Waals surface area contributed by atoms with E-state index in [4.69, 9.17) is 4.74 Å². The van der Waals surface area contributed by atoms with E-state index < -0.39 is 10.0 Å². The molecule has 0 aromatic carbocycles. The van der Waals surface area contributed by atoms with Crippen LogP contribution in [-0.2, 0) is 14.8 Å². The van der Waals surface area contributed by atoms with Gasteiger partial charge in [-0.3, -0.25) is 9.89 Å². The predicted octanol–water partition coefficient (Wildman–Crippen LogP) is 0.552. The van der Waals surface area contributed by atoms with Gasteiger partial charge in [0.25, 0.3) is 0 Å². The summed E-state index contributed by atoms with van der Waals surface area (Å²) >= 11 is 0. The molecule has 0 amide bonds. The van der Waals surface area contributed by atoms with Gasteiger partial charge >= 0.3 is 0 Å². The largest absolute Gasteiger partial charge is 0.379 e. The van der Waals surface area contributed by atoms with Crippen molar-refractivity contribution in [2.24, 2.45) is 4.99 Å². The van der Waals surface area contributed by atoms with Gasteiger partial charge in [-0.1, -0.05) is 0 Å². The molecule has 156 valence electrons. The van der Waals surface area contributed by atoms with Crippen LogP contribution in [0.4, 0.5) is 0 Å². The molecule has 0 bridgehead atoms. The first-order chi connectivity index (χ1) is 11.9. The highest BCUT2D eigenvalue weighted by Gasteiger charge is 2.17. The SMILES string of the molecule is CCNC(=NCC(C)N1CCOCC1)NCCCN(C)S(=O)(=O)CC.I. The highest BCUT2D eigenvalue weighted by molar-refractivity contribution is 14.0. The standard InChI is InChI=1S/C16H35N5O3S.HI/c1-5-17-16(18-8-7-9-20(4)25(22,23)6-2)19-14-15(3)21-10-12-24-13-11-21;/h15H,5-14H2,1-4H3,(H2,17,18,19);1H. The van der Waals surface area contributed by atoms with Crippen molar-refractivity contribution in [3.8, 4) is 0 Å². The third kappa shape index (κ3) is 9.67. The Morgan fingerprint density at radius 2 is 1.92 bits per heavy atom. The van der Waals surface area contributed by atoms with E-state index in [1.807, 2.05) is 6.92 Å². The second kappa shape index (κ2) is 13.9. The third-order valence-electron chi connectivity index (χ3n) is 4.31. The molecule has 0 radical (unpaired) electrons. The molecule has 1 aliphatic rings. The van der Waals surface area contributed by atoms with Crippen molar-refractivity contribution < 1.29 is 13.2 Å². The summed E-state index contributed by atoms with van der Waals surface area (Å²) in [6, 6.07) is 0.375. The van der Waals surface area contributed by atoms with Crippen LogP contribution in [0.3, 0.4) is 0 Å². The highest BCUT2D eigenvalue weighted by atomic mass is 127. The van der Waals surface area contributed by atoms with Gasteiger partial charge in [0.05, 0.1) is 25.5 Å². The first-order valence-electron chi connectivity index (χ1n) is 9.18. The van der Waals surface area contributed by atoms with Crippen molar-refractivity contribution >= 4 is 40.0 Å². The van der Waals surface area contributed by atoms with E-state index in [9.17, 15) is 8.42 Å². The summed E-state index contributed by atoms with van der Waals surface area (Å²) in [6.07, 6.45) is 0.735. The summed E-state index contributed by atoms with van der Waals surface area (Å²) < 4.78 is 30.2. The first-order valence-corrected chi connectivity index (χ1v) is 10.8. The molecule has 0 saturated carbocycles. The van der Waals surface area contributed by atoms with Crippen LogP contribution in [0.1, 0.15) is 27.2 Å². The van der Waals surface area contributed by atoms with Crippen molar-refractivity contribution in [2.45, 2.75) is 33.2 Å². The molecule has 0 spiro atoms. The number of guanidine groups is 1. The number of morpholine rings is 1. The van der Waals surface area contributed by atoms with Crippen LogP contribution in [0, 0.1) is 0 Å². The summed E-state index contributed by atoms with van der Waals surface area (Å²) in [7, 11) is -1.47. The number of hydrogen-bond donors (Lipinski definition) is 2. The fraction of sp³-hybridized carbons (Fsp3) is 0.938. The molecule has 0 aliphatic carbocycles. The molecule has 1 aliphatic heterocycles. The molecule has 0 aromatic heterocycles. The topological polar surface area (TPSA) is 86.3 Å². The van der Waals surface area contributed by atoms with Gasteiger partial charge in [0.2, 0.25) is 10.0 Å². The quantitative estimate of drug-likeness (QED) is 0.195. The zero-order chi connectivity index (χ0) is 18.7. The molecule has 8 nitrogen and oxygen atoms in total. The Hall–Kier alpha value is -0.170. The minimum atomic E-state index is -3.10. The van der Waals surface area contributed by atoms with Crippen molar-refractivity contribution in [3.63, 3.8) is 0 Å². The number of halogens is 1. The lowest BCUT2D eigenvalue weighted by Gasteiger charge is -2.31. The lowest BCUT2D eigenvalue weighted by molar-refractivity contribution is 0.0220. The van der Waals surface area contributed by atoms with E-state index in [2.05, 4.69) is 27.4 Å². The molecule has 1 saturated heterocycles. The minimum Gasteiger partial charge on any atom is -0.379 e. The van der Waals surface area contributed by atoms with Gasteiger partial charge in [-0.15, -0.1) is 24.0 Å². The Bertz CT molecular complexity index is 498. The third-order valence-corrected chi connectivity index (χ3v) is 6.17. The molecular formula is C16H36IN5O3S. The number of nitrogens with zero attached hydrogens (tertiary/aromatic N) is 3. The van der Waals surface area contributed by atoms with Gasteiger partial charge in [-0.2, -0.15) is 0 Å². The molecule has 2 N–H and O–H groups in total. The molecule has 1 atom stereocenters. The first kappa shape index (κ1) is 25.8. The van der Waals surface area contributed by atoms with Crippen LogP contribution >= 0.6 is 24.0 Å². The maximum atomic E-state index is 11.7. The van der Waals surface area contributed by atoms with E-state index in [0.717, 1.165) is 51.8 Å². The average molecular weight is 505 g/mol. The lowest BCUT2D eigenvalue weighted by atomic mass is 10.2. The van der Waals surface area contributed by atoms with Crippen LogP contribution in [0.15, 0.2) is 4.99 Å².